The molecule has 0 saturated carbocycles. The van der Waals surface area contributed by atoms with Gasteiger partial charge in [0.1, 0.15) is 12.4 Å². The minimum Gasteiger partial charge on any atom is -0.324 e. The zero-order chi connectivity index (χ0) is 21.6. The zero-order valence-corrected chi connectivity index (χ0v) is 18.5. The van der Waals surface area contributed by atoms with Crippen molar-refractivity contribution in [3.8, 4) is 0 Å². The number of carbonyl (C=O) groups is 1. The number of hydrogen-bond donors (Lipinski definition) is 1. The van der Waals surface area contributed by atoms with Crippen LogP contribution in [0.25, 0.3) is 10.2 Å². The van der Waals surface area contributed by atoms with Crippen molar-refractivity contribution in [3.05, 3.63) is 49.8 Å². The first-order valence-electron chi connectivity index (χ1n) is 9.76. The van der Waals surface area contributed by atoms with Crippen molar-refractivity contribution in [2.24, 2.45) is 11.3 Å². The lowest BCUT2D eigenvalue weighted by Gasteiger charge is -2.33. The number of carbonyl (C=O) groups excluding carboxylic acids is 1. The standard InChI is InChI=1S/C21H22ClFN4O2S/c1-21(2,3)11-4-6-13-16(8-11)30-19-18(13)20(29)27(26-25-19)10-17(28)24-12-5-7-15(23)14(22)9-12/h5,7,9,11H,4,6,8,10H2,1-3H3,(H,24,28)/t11-/m1/s1. The van der Waals surface area contributed by atoms with E-state index in [2.05, 4.69) is 36.4 Å². The van der Waals surface area contributed by atoms with Crippen molar-refractivity contribution in [2.75, 3.05) is 5.32 Å². The van der Waals surface area contributed by atoms with E-state index >= 15 is 0 Å². The molecule has 2 heterocycles. The fourth-order valence-corrected chi connectivity index (χ4v) is 5.30. The van der Waals surface area contributed by atoms with Gasteiger partial charge in [0.25, 0.3) is 5.56 Å². The maximum atomic E-state index is 13.3. The Morgan fingerprint density at radius 2 is 2.17 bits per heavy atom. The highest BCUT2D eigenvalue weighted by molar-refractivity contribution is 7.18. The number of amides is 1. The summed E-state index contributed by atoms with van der Waals surface area (Å²) >= 11 is 7.27. The van der Waals surface area contributed by atoms with Gasteiger partial charge in [0.05, 0.1) is 10.4 Å². The SMILES string of the molecule is CC(C)(C)[C@@H]1CCc2c(sc3nnn(CC(=O)Nc4ccc(F)c(Cl)c4)c(=O)c23)C1. The van der Waals surface area contributed by atoms with E-state index in [9.17, 15) is 14.0 Å². The van der Waals surface area contributed by atoms with E-state index < -0.39 is 11.7 Å². The van der Waals surface area contributed by atoms with Gasteiger partial charge in [-0.15, -0.1) is 16.4 Å². The molecule has 0 radical (unpaired) electrons. The predicted octanol–water partition coefficient (Wildman–Crippen LogP) is 4.44. The molecule has 4 rings (SSSR count). The number of rotatable bonds is 3. The summed E-state index contributed by atoms with van der Waals surface area (Å²) < 4.78 is 14.3. The monoisotopic (exact) mass is 448 g/mol. The summed E-state index contributed by atoms with van der Waals surface area (Å²) in [6.45, 7) is 6.45. The van der Waals surface area contributed by atoms with Gasteiger partial charge in [-0.05, 0) is 54.4 Å². The molecule has 2 aromatic heterocycles. The van der Waals surface area contributed by atoms with Crippen LogP contribution < -0.4 is 10.9 Å². The van der Waals surface area contributed by atoms with E-state index in [-0.39, 0.29) is 22.5 Å². The average Bonchev–Trinajstić information content (AvgIpc) is 3.05. The molecule has 0 spiro atoms. The van der Waals surface area contributed by atoms with Crippen LogP contribution in [0.3, 0.4) is 0 Å². The Hall–Kier alpha value is -2.32. The van der Waals surface area contributed by atoms with Gasteiger partial charge in [-0.2, -0.15) is 0 Å². The van der Waals surface area contributed by atoms with Crippen LogP contribution >= 0.6 is 22.9 Å². The van der Waals surface area contributed by atoms with Gasteiger partial charge in [-0.25, -0.2) is 9.07 Å². The van der Waals surface area contributed by atoms with Gasteiger partial charge < -0.3 is 5.32 Å². The van der Waals surface area contributed by atoms with E-state index in [1.807, 2.05) is 0 Å². The molecule has 1 aliphatic rings. The van der Waals surface area contributed by atoms with E-state index in [0.29, 0.717) is 21.8 Å². The van der Waals surface area contributed by atoms with Crippen LogP contribution in [0.15, 0.2) is 23.0 Å². The van der Waals surface area contributed by atoms with E-state index in [4.69, 9.17) is 11.6 Å². The number of anilines is 1. The largest absolute Gasteiger partial charge is 0.324 e. The average molecular weight is 449 g/mol. The van der Waals surface area contributed by atoms with Crippen LogP contribution in [0.5, 0.6) is 0 Å². The topological polar surface area (TPSA) is 76.9 Å². The molecule has 1 atom stereocenters. The predicted molar refractivity (Wildman–Crippen MR) is 117 cm³/mol. The fraction of sp³-hybridized carbons (Fsp3) is 0.429. The number of benzene rings is 1. The summed E-state index contributed by atoms with van der Waals surface area (Å²) in [7, 11) is 0. The third-order valence-corrected chi connectivity index (χ3v) is 7.09. The van der Waals surface area contributed by atoms with Gasteiger partial charge in [0.2, 0.25) is 5.91 Å². The maximum Gasteiger partial charge on any atom is 0.279 e. The summed E-state index contributed by atoms with van der Waals surface area (Å²) in [5, 5.41) is 11.2. The summed E-state index contributed by atoms with van der Waals surface area (Å²) in [5.41, 5.74) is 1.30. The second kappa shape index (κ2) is 7.74. The molecule has 3 aromatic rings. The van der Waals surface area contributed by atoms with Crippen LogP contribution in [-0.2, 0) is 24.2 Å². The molecule has 1 aliphatic carbocycles. The number of thiophene rings is 1. The maximum absolute atomic E-state index is 13.3. The van der Waals surface area contributed by atoms with Gasteiger partial charge in [0, 0.05) is 10.6 Å². The number of aryl methyl sites for hydroxylation is 1. The van der Waals surface area contributed by atoms with E-state index in [0.717, 1.165) is 29.5 Å². The summed E-state index contributed by atoms with van der Waals surface area (Å²) in [5.74, 6) is -0.481. The highest BCUT2D eigenvalue weighted by atomic mass is 35.5. The third-order valence-electron chi connectivity index (χ3n) is 5.66. The molecule has 1 aromatic carbocycles. The van der Waals surface area contributed by atoms with E-state index in [1.165, 1.54) is 34.4 Å². The summed E-state index contributed by atoms with van der Waals surface area (Å²) in [4.78, 5) is 27.2. The van der Waals surface area contributed by atoms with Crippen LogP contribution in [-0.4, -0.2) is 20.9 Å². The van der Waals surface area contributed by atoms with Crippen molar-refractivity contribution in [3.63, 3.8) is 0 Å². The van der Waals surface area contributed by atoms with Crippen molar-refractivity contribution >= 4 is 44.7 Å². The Bertz CT molecular complexity index is 1200. The van der Waals surface area contributed by atoms with Crippen LogP contribution in [0.2, 0.25) is 5.02 Å². The lowest BCUT2D eigenvalue weighted by atomic mass is 9.72. The molecule has 158 valence electrons. The Morgan fingerprint density at radius 3 is 2.87 bits per heavy atom. The molecular weight excluding hydrogens is 427 g/mol. The summed E-state index contributed by atoms with van der Waals surface area (Å²) in [6, 6.07) is 3.88. The van der Waals surface area contributed by atoms with Crippen molar-refractivity contribution in [2.45, 2.75) is 46.6 Å². The highest BCUT2D eigenvalue weighted by Gasteiger charge is 2.32. The minimum absolute atomic E-state index is 0.0929. The number of nitrogens with one attached hydrogen (secondary N) is 1. The van der Waals surface area contributed by atoms with E-state index in [1.54, 1.807) is 0 Å². The lowest BCUT2D eigenvalue weighted by molar-refractivity contribution is -0.117. The molecule has 0 aliphatic heterocycles. The first-order chi connectivity index (χ1) is 14.1. The smallest absolute Gasteiger partial charge is 0.279 e. The second-order valence-electron chi connectivity index (χ2n) is 8.72. The normalized spacial score (nSPS) is 16.5. The summed E-state index contributed by atoms with van der Waals surface area (Å²) in [6.07, 6.45) is 2.79. The van der Waals surface area contributed by atoms with Crippen LogP contribution in [0.4, 0.5) is 10.1 Å². The minimum atomic E-state index is -0.571. The molecule has 6 nitrogen and oxygen atoms in total. The number of aromatic nitrogens is 3. The van der Waals surface area contributed by atoms with Gasteiger partial charge >= 0.3 is 0 Å². The Balaban J connectivity index is 1.59. The molecule has 0 saturated heterocycles. The number of fused-ring (bicyclic) bond motifs is 3. The molecule has 0 unspecified atom stereocenters. The van der Waals surface area contributed by atoms with Crippen LogP contribution in [0.1, 0.15) is 37.6 Å². The van der Waals surface area contributed by atoms with Crippen molar-refractivity contribution in [1.29, 1.82) is 0 Å². The molecule has 1 amide bonds. The number of nitrogens with zero attached hydrogens (tertiary/aromatic N) is 3. The Labute approximate surface area is 182 Å². The third kappa shape index (κ3) is 3.98. The van der Waals surface area contributed by atoms with Crippen molar-refractivity contribution in [1.82, 2.24) is 15.0 Å². The van der Waals surface area contributed by atoms with Crippen LogP contribution in [0, 0.1) is 17.2 Å². The molecular formula is C21H22ClFN4O2S. The van der Waals surface area contributed by atoms with Gasteiger partial charge in [0.15, 0.2) is 4.83 Å². The molecule has 0 fully saturated rings. The first-order valence-corrected chi connectivity index (χ1v) is 11.0. The zero-order valence-electron chi connectivity index (χ0n) is 17.0. The lowest BCUT2D eigenvalue weighted by Crippen LogP contribution is -2.31. The molecule has 0 bridgehead atoms. The quantitative estimate of drug-likeness (QED) is 0.642. The molecule has 30 heavy (non-hydrogen) atoms. The van der Waals surface area contributed by atoms with Gasteiger partial charge in [-0.1, -0.05) is 37.6 Å². The fourth-order valence-electron chi connectivity index (χ4n) is 3.88. The molecule has 1 N–H and O–H groups in total. The number of hydrogen-bond acceptors (Lipinski definition) is 5. The Morgan fingerprint density at radius 1 is 1.40 bits per heavy atom. The Kier molecular flexibility index (Phi) is 5.40. The van der Waals surface area contributed by atoms with Crippen molar-refractivity contribution < 1.29 is 9.18 Å². The molecule has 9 heteroatoms. The second-order valence-corrected chi connectivity index (χ2v) is 10.2. The highest BCUT2D eigenvalue weighted by Crippen LogP contribution is 2.41. The number of halogens is 2. The van der Waals surface area contributed by atoms with Gasteiger partial charge in [-0.3, -0.25) is 9.59 Å². The first kappa shape index (κ1) is 20.9.